The summed E-state index contributed by atoms with van der Waals surface area (Å²) in [5.41, 5.74) is 0.962. The monoisotopic (exact) mass is 234 g/mol. The summed E-state index contributed by atoms with van der Waals surface area (Å²) in [6.45, 7) is 0. The molecule has 4 nitrogen and oxygen atoms in total. The second-order valence-electron chi connectivity index (χ2n) is 3.14. The number of anilines is 1. The van der Waals surface area contributed by atoms with Gasteiger partial charge in [0.1, 0.15) is 0 Å². The lowest BCUT2D eigenvalue weighted by atomic mass is 10.2. The van der Waals surface area contributed by atoms with E-state index in [1.54, 1.807) is 24.3 Å². The normalized spacial score (nSPS) is 10.1. The van der Waals surface area contributed by atoms with E-state index in [0.717, 1.165) is 16.7 Å². The Kier molecular flexibility index (Phi) is 3.00. The average Bonchev–Trinajstić information content (AvgIpc) is 2.77. The Hall–Kier alpha value is -1.69. The van der Waals surface area contributed by atoms with Crippen LogP contribution in [0.5, 0.6) is 0 Å². The molecule has 0 amide bonds. The van der Waals surface area contributed by atoms with Gasteiger partial charge < -0.3 is 10.4 Å². The molecule has 16 heavy (non-hydrogen) atoms. The van der Waals surface area contributed by atoms with E-state index in [1.807, 2.05) is 6.07 Å². The van der Waals surface area contributed by atoms with Gasteiger partial charge in [0.2, 0.25) is 0 Å². The lowest BCUT2D eigenvalue weighted by Gasteiger charge is -2.21. The third-order valence-corrected chi connectivity index (χ3v) is 3.15. The molecule has 0 aliphatic rings. The van der Waals surface area contributed by atoms with Crippen LogP contribution >= 0.6 is 11.3 Å². The standard InChI is InChI=1S/C11H8NO3S/c13-7-10-4-5-11(16-10)8-2-1-3-9(6-8)12(14)15/h1-7,14H/q-1. The number of thiophene rings is 1. The van der Waals surface area contributed by atoms with Crippen LogP contribution in [0.1, 0.15) is 9.67 Å². The van der Waals surface area contributed by atoms with Crippen molar-refractivity contribution in [1.29, 1.82) is 0 Å². The molecular formula is C11H8NO3S-. The van der Waals surface area contributed by atoms with Gasteiger partial charge in [-0.25, -0.2) is 0 Å². The van der Waals surface area contributed by atoms with E-state index in [2.05, 4.69) is 0 Å². The second kappa shape index (κ2) is 4.44. The molecule has 0 fully saturated rings. The fourth-order valence-electron chi connectivity index (χ4n) is 1.35. The summed E-state index contributed by atoms with van der Waals surface area (Å²) in [5.74, 6) is 0. The summed E-state index contributed by atoms with van der Waals surface area (Å²) < 4.78 is 0. The van der Waals surface area contributed by atoms with E-state index in [-0.39, 0.29) is 10.9 Å². The van der Waals surface area contributed by atoms with Gasteiger partial charge in [-0.05, 0) is 29.8 Å². The molecule has 1 N–H and O–H groups in total. The van der Waals surface area contributed by atoms with Gasteiger partial charge in [0.05, 0.1) is 10.6 Å². The predicted octanol–water partition coefficient (Wildman–Crippen LogP) is 2.92. The van der Waals surface area contributed by atoms with Gasteiger partial charge in [-0.1, -0.05) is 12.1 Å². The Morgan fingerprint density at radius 1 is 1.31 bits per heavy atom. The highest BCUT2D eigenvalue weighted by atomic mass is 32.1. The summed E-state index contributed by atoms with van der Waals surface area (Å²) in [7, 11) is 0. The third-order valence-electron chi connectivity index (χ3n) is 2.09. The van der Waals surface area contributed by atoms with E-state index < -0.39 is 0 Å². The van der Waals surface area contributed by atoms with Crippen molar-refractivity contribution in [3.63, 3.8) is 0 Å². The number of benzene rings is 1. The van der Waals surface area contributed by atoms with Crippen LogP contribution in [-0.4, -0.2) is 11.5 Å². The Bertz CT molecular complexity index is 507. The van der Waals surface area contributed by atoms with E-state index in [1.165, 1.54) is 17.4 Å². The van der Waals surface area contributed by atoms with Crippen LogP contribution in [0, 0.1) is 5.21 Å². The minimum atomic E-state index is -0.183. The van der Waals surface area contributed by atoms with E-state index in [9.17, 15) is 10.0 Å². The number of hydrogen-bond donors (Lipinski definition) is 1. The summed E-state index contributed by atoms with van der Waals surface area (Å²) in [5, 5.41) is 19.3. The van der Waals surface area contributed by atoms with Crippen molar-refractivity contribution >= 4 is 23.3 Å². The molecule has 2 rings (SSSR count). The van der Waals surface area contributed by atoms with Gasteiger partial charge in [0.25, 0.3) is 0 Å². The molecule has 1 aromatic carbocycles. The molecule has 0 saturated carbocycles. The molecule has 0 aliphatic carbocycles. The molecule has 0 aliphatic heterocycles. The van der Waals surface area contributed by atoms with Crippen LogP contribution < -0.4 is 5.23 Å². The first kappa shape index (κ1) is 10.8. The zero-order chi connectivity index (χ0) is 11.5. The zero-order valence-corrected chi connectivity index (χ0v) is 8.98. The van der Waals surface area contributed by atoms with Crippen LogP contribution in [0.25, 0.3) is 10.4 Å². The van der Waals surface area contributed by atoms with Crippen molar-refractivity contribution in [3.05, 3.63) is 46.5 Å². The molecule has 5 heteroatoms. The van der Waals surface area contributed by atoms with Gasteiger partial charge >= 0.3 is 0 Å². The Morgan fingerprint density at radius 3 is 2.75 bits per heavy atom. The van der Waals surface area contributed by atoms with Crippen molar-refractivity contribution in [2.24, 2.45) is 0 Å². The van der Waals surface area contributed by atoms with Crippen molar-refractivity contribution in [2.75, 3.05) is 5.23 Å². The first-order valence-electron chi connectivity index (χ1n) is 4.52. The summed E-state index contributed by atoms with van der Waals surface area (Å²) in [4.78, 5) is 12.0. The number of carbonyl (C=O) groups excluding carboxylic acids is 1. The summed E-state index contributed by atoms with van der Waals surface area (Å²) in [6, 6.07) is 10.1. The van der Waals surface area contributed by atoms with Crippen LogP contribution in [0.3, 0.4) is 0 Å². The maximum atomic E-state index is 10.7. The molecule has 0 radical (unpaired) electrons. The number of rotatable bonds is 3. The van der Waals surface area contributed by atoms with Gasteiger partial charge in [-0.2, -0.15) is 0 Å². The highest BCUT2D eigenvalue weighted by Crippen LogP contribution is 2.29. The van der Waals surface area contributed by atoms with Gasteiger partial charge in [-0.15, -0.1) is 11.3 Å². The lowest BCUT2D eigenvalue weighted by Crippen LogP contribution is -2.06. The lowest BCUT2D eigenvalue weighted by molar-refractivity contribution is 0.112. The fourth-order valence-corrected chi connectivity index (χ4v) is 2.17. The maximum absolute atomic E-state index is 10.7. The minimum absolute atomic E-state index is 0.165. The van der Waals surface area contributed by atoms with Crippen molar-refractivity contribution in [3.8, 4) is 10.4 Å². The molecule has 0 spiro atoms. The fraction of sp³-hybridized carbons (Fsp3) is 0. The Balaban J connectivity index is 2.39. The summed E-state index contributed by atoms with van der Waals surface area (Å²) >= 11 is 1.34. The van der Waals surface area contributed by atoms with Crippen molar-refractivity contribution < 1.29 is 10.0 Å². The SMILES string of the molecule is O=Cc1ccc(-c2cccc(N([O-])O)c2)s1. The largest absolute Gasteiger partial charge is 0.733 e. The molecule has 0 unspecified atom stereocenters. The van der Waals surface area contributed by atoms with E-state index in [4.69, 9.17) is 5.21 Å². The third kappa shape index (κ3) is 2.11. The van der Waals surface area contributed by atoms with Crippen LogP contribution in [0.15, 0.2) is 36.4 Å². The van der Waals surface area contributed by atoms with E-state index >= 15 is 0 Å². The minimum Gasteiger partial charge on any atom is -0.733 e. The number of aldehydes is 1. The molecule has 1 heterocycles. The topological polar surface area (TPSA) is 63.6 Å². The van der Waals surface area contributed by atoms with Crippen molar-refractivity contribution in [2.45, 2.75) is 0 Å². The molecule has 0 saturated heterocycles. The highest BCUT2D eigenvalue weighted by molar-refractivity contribution is 7.17. The second-order valence-corrected chi connectivity index (χ2v) is 4.26. The van der Waals surface area contributed by atoms with Crippen LogP contribution in [-0.2, 0) is 0 Å². The molecule has 2 aromatic rings. The number of carbonyl (C=O) groups is 1. The number of nitrogens with zero attached hydrogens (tertiary/aromatic N) is 1. The summed E-state index contributed by atoms with van der Waals surface area (Å²) in [6.07, 6.45) is 0.782. The quantitative estimate of drug-likeness (QED) is 0.655. The first-order chi connectivity index (χ1) is 7.70. The van der Waals surface area contributed by atoms with Crippen molar-refractivity contribution in [1.82, 2.24) is 0 Å². The smallest absolute Gasteiger partial charge is 0.160 e. The average molecular weight is 234 g/mol. The van der Waals surface area contributed by atoms with Crippen LogP contribution in [0.2, 0.25) is 0 Å². The molecule has 0 bridgehead atoms. The molecule has 0 atom stereocenters. The van der Waals surface area contributed by atoms with Gasteiger partial charge in [-0.3, -0.25) is 10.0 Å². The molecule has 82 valence electrons. The van der Waals surface area contributed by atoms with E-state index in [0.29, 0.717) is 4.88 Å². The predicted molar refractivity (Wildman–Crippen MR) is 62.8 cm³/mol. The molecule has 1 aromatic heterocycles. The van der Waals surface area contributed by atoms with Crippen LogP contribution in [0.4, 0.5) is 5.69 Å². The highest BCUT2D eigenvalue weighted by Gasteiger charge is 2.03. The Labute approximate surface area is 95.9 Å². The van der Waals surface area contributed by atoms with Gasteiger partial charge in [0.15, 0.2) is 6.29 Å². The number of hydrogen-bond acceptors (Lipinski definition) is 5. The Morgan fingerprint density at radius 2 is 2.12 bits per heavy atom. The molecular weight excluding hydrogens is 226 g/mol. The maximum Gasteiger partial charge on any atom is 0.160 e. The zero-order valence-electron chi connectivity index (χ0n) is 8.16. The van der Waals surface area contributed by atoms with Gasteiger partial charge in [0, 0.05) is 4.88 Å². The first-order valence-corrected chi connectivity index (χ1v) is 5.34.